The number of rotatable bonds is 3. The minimum atomic E-state index is 0.530. The molecular weight excluding hydrogens is 334 g/mol. The van der Waals surface area contributed by atoms with Gasteiger partial charge in [-0.05, 0) is 23.8 Å². The Morgan fingerprint density at radius 1 is 1.10 bits per heavy atom. The Morgan fingerprint density at radius 3 is 2.75 bits per heavy atom. The van der Waals surface area contributed by atoms with Gasteiger partial charge in [0.25, 0.3) is 0 Å². The lowest BCUT2D eigenvalue weighted by molar-refractivity contribution is 1.05. The minimum absolute atomic E-state index is 0.530. The fourth-order valence-corrected chi connectivity index (χ4v) is 3.54. The highest BCUT2D eigenvalue weighted by molar-refractivity contribution is 9.10. The molecule has 0 atom stereocenters. The molecule has 1 heterocycles. The molecule has 0 aliphatic rings. The number of para-hydroxylation sites is 1. The highest BCUT2D eigenvalue weighted by Gasteiger charge is 2.06. The zero-order valence-electron chi connectivity index (χ0n) is 10.6. The highest BCUT2D eigenvalue weighted by atomic mass is 79.9. The summed E-state index contributed by atoms with van der Waals surface area (Å²) in [7, 11) is 0. The molecule has 0 saturated heterocycles. The van der Waals surface area contributed by atoms with Crippen molar-refractivity contribution >= 4 is 38.6 Å². The van der Waals surface area contributed by atoms with E-state index < -0.39 is 0 Å². The van der Waals surface area contributed by atoms with Crippen molar-refractivity contribution in [1.29, 1.82) is 0 Å². The number of aromatic nitrogens is 2. The fourth-order valence-electron chi connectivity index (χ4n) is 1.93. The van der Waals surface area contributed by atoms with Gasteiger partial charge in [-0.25, -0.2) is 9.97 Å². The molecule has 5 heteroatoms. The first-order chi connectivity index (χ1) is 9.78. The van der Waals surface area contributed by atoms with E-state index in [2.05, 4.69) is 38.0 Å². The minimum Gasteiger partial charge on any atom is -0.326 e. The number of benzene rings is 2. The van der Waals surface area contributed by atoms with Crippen molar-refractivity contribution in [2.24, 2.45) is 5.73 Å². The first-order valence-corrected chi connectivity index (χ1v) is 7.75. The van der Waals surface area contributed by atoms with Crippen molar-refractivity contribution in [3.63, 3.8) is 0 Å². The van der Waals surface area contributed by atoms with Gasteiger partial charge >= 0.3 is 0 Å². The van der Waals surface area contributed by atoms with Crippen molar-refractivity contribution in [2.75, 3.05) is 0 Å². The third-order valence-corrected chi connectivity index (χ3v) is 4.71. The summed E-state index contributed by atoms with van der Waals surface area (Å²) >= 11 is 5.17. The Kier molecular flexibility index (Phi) is 4.00. The Hall–Kier alpha value is -1.43. The summed E-state index contributed by atoms with van der Waals surface area (Å²) in [5.74, 6) is 0. The van der Waals surface area contributed by atoms with Crippen LogP contribution in [0.1, 0.15) is 5.56 Å². The molecule has 3 rings (SSSR count). The number of hydrogen-bond donors (Lipinski definition) is 1. The standard InChI is InChI=1S/C15H12BrN3S/c16-13-7-11(6-5-10(13)8-17)20-15-12-3-1-2-4-14(12)18-9-19-15/h1-7,9H,8,17H2. The SMILES string of the molecule is NCc1ccc(Sc2ncnc3ccccc23)cc1Br. The first kappa shape index (κ1) is 13.5. The first-order valence-electron chi connectivity index (χ1n) is 6.14. The second kappa shape index (κ2) is 5.91. The van der Waals surface area contributed by atoms with Crippen LogP contribution in [0.2, 0.25) is 0 Å². The van der Waals surface area contributed by atoms with Crippen LogP contribution in [0.3, 0.4) is 0 Å². The molecule has 0 bridgehead atoms. The van der Waals surface area contributed by atoms with Gasteiger partial charge in [-0.2, -0.15) is 0 Å². The van der Waals surface area contributed by atoms with E-state index >= 15 is 0 Å². The van der Waals surface area contributed by atoms with Gasteiger partial charge in [0.05, 0.1) is 5.52 Å². The average Bonchev–Trinajstić information content (AvgIpc) is 2.48. The summed E-state index contributed by atoms with van der Waals surface area (Å²) in [5, 5.41) is 2.03. The van der Waals surface area contributed by atoms with Crippen molar-refractivity contribution in [1.82, 2.24) is 9.97 Å². The zero-order chi connectivity index (χ0) is 13.9. The van der Waals surface area contributed by atoms with Crippen LogP contribution < -0.4 is 5.73 Å². The van der Waals surface area contributed by atoms with E-state index in [4.69, 9.17) is 5.73 Å². The molecule has 0 saturated carbocycles. The smallest absolute Gasteiger partial charge is 0.117 e. The highest BCUT2D eigenvalue weighted by Crippen LogP contribution is 2.33. The normalized spacial score (nSPS) is 10.9. The van der Waals surface area contributed by atoms with E-state index in [1.807, 2.05) is 30.3 Å². The molecule has 0 aliphatic carbocycles. The van der Waals surface area contributed by atoms with Crippen LogP contribution in [0.15, 0.2) is 63.2 Å². The molecule has 0 aliphatic heterocycles. The average molecular weight is 346 g/mol. The van der Waals surface area contributed by atoms with Crippen molar-refractivity contribution < 1.29 is 0 Å². The molecule has 0 fully saturated rings. The molecule has 20 heavy (non-hydrogen) atoms. The van der Waals surface area contributed by atoms with E-state index in [9.17, 15) is 0 Å². The molecule has 1 aromatic heterocycles. The third-order valence-electron chi connectivity index (χ3n) is 2.97. The molecule has 100 valence electrons. The Labute approximate surface area is 129 Å². The van der Waals surface area contributed by atoms with Gasteiger partial charge in [-0.15, -0.1) is 0 Å². The Balaban J connectivity index is 1.99. The van der Waals surface area contributed by atoms with Crippen LogP contribution in [0, 0.1) is 0 Å². The van der Waals surface area contributed by atoms with E-state index in [0.29, 0.717) is 6.54 Å². The van der Waals surface area contributed by atoms with Crippen molar-refractivity contribution in [3.05, 3.63) is 58.8 Å². The molecule has 2 aromatic carbocycles. The van der Waals surface area contributed by atoms with Gasteiger partial charge in [0.1, 0.15) is 11.4 Å². The monoisotopic (exact) mass is 345 g/mol. The van der Waals surface area contributed by atoms with Gasteiger partial charge in [-0.3, -0.25) is 0 Å². The number of fused-ring (bicyclic) bond motifs is 1. The quantitative estimate of drug-likeness (QED) is 0.729. The maximum Gasteiger partial charge on any atom is 0.117 e. The van der Waals surface area contributed by atoms with Crippen LogP contribution >= 0.6 is 27.7 Å². The lowest BCUT2D eigenvalue weighted by atomic mass is 10.2. The van der Waals surface area contributed by atoms with Gasteiger partial charge in [0.2, 0.25) is 0 Å². The predicted molar refractivity (Wildman–Crippen MR) is 85.7 cm³/mol. The van der Waals surface area contributed by atoms with E-state index in [1.165, 1.54) is 0 Å². The summed E-state index contributed by atoms with van der Waals surface area (Å²) in [6, 6.07) is 14.2. The van der Waals surface area contributed by atoms with Crippen LogP contribution in [0.5, 0.6) is 0 Å². The maximum atomic E-state index is 5.67. The second-order valence-corrected chi connectivity index (χ2v) is 6.17. The number of hydrogen-bond acceptors (Lipinski definition) is 4. The summed E-state index contributed by atoms with van der Waals surface area (Å²) in [6.45, 7) is 0.530. The molecule has 3 nitrogen and oxygen atoms in total. The molecule has 0 radical (unpaired) electrons. The van der Waals surface area contributed by atoms with Gasteiger partial charge in [-0.1, -0.05) is 52.0 Å². The Bertz CT molecular complexity index is 756. The summed E-state index contributed by atoms with van der Waals surface area (Å²) < 4.78 is 1.03. The van der Waals surface area contributed by atoms with Gasteiger partial charge in [0, 0.05) is 21.3 Å². The fraction of sp³-hybridized carbons (Fsp3) is 0.0667. The topological polar surface area (TPSA) is 51.8 Å². The van der Waals surface area contributed by atoms with Crippen LogP contribution in [-0.2, 0) is 6.54 Å². The molecular formula is C15H12BrN3S. The lowest BCUT2D eigenvalue weighted by Gasteiger charge is -2.07. The van der Waals surface area contributed by atoms with E-state index in [-0.39, 0.29) is 0 Å². The van der Waals surface area contributed by atoms with E-state index in [1.54, 1.807) is 18.1 Å². The zero-order valence-corrected chi connectivity index (χ0v) is 13.0. The lowest BCUT2D eigenvalue weighted by Crippen LogP contribution is -1.97. The molecule has 0 spiro atoms. The van der Waals surface area contributed by atoms with Crippen molar-refractivity contribution in [3.8, 4) is 0 Å². The van der Waals surface area contributed by atoms with Crippen LogP contribution in [-0.4, -0.2) is 9.97 Å². The molecule has 0 amide bonds. The third kappa shape index (κ3) is 2.70. The van der Waals surface area contributed by atoms with E-state index in [0.717, 1.165) is 30.9 Å². The summed E-state index contributed by atoms with van der Waals surface area (Å²) in [5.41, 5.74) is 7.73. The largest absolute Gasteiger partial charge is 0.326 e. The number of nitrogens with zero attached hydrogens (tertiary/aromatic N) is 2. The molecule has 0 unspecified atom stereocenters. The second-order valence-electron chi connectivity index (χ2n) is 4.26. The molecule has 2 N–H and O–H groups in total. The predicted octanol–water partition coefficient (Wildman–Crippen LogP) is 4.00. The summed E-state index contributed by atoms with van der Waals surface area (Å²) in [4.78, 5) is 9.79. The Morgan fingerprint density at radius 2 is 1.95 bits per heavy atom. The number of halogens is 1. The van der Waals surface area contributed by atoms with Gasteiger partial charge < -0.3 is 5.73 Å². The van der Waals surface area contributed by atoms with Crippen LogP contribution in [0.25, 0.3) is 10.9 Å². The summed E-state index contributed by atoms with van der Waals surface area (Å²) in [6.07, 6.45) is 1.61. The molecule has 3 aromatic rings. The van der Waals surface area contributed by atoms with Crippen molar-refractivity contribution in [2.45, 2.75) is 16.5 Å². The maximum absolute atomic E-state index is 5.67. The van der Waals surface area contributed by atoms with Gasteiger partial charge in [0.15, 0.2) is 0 Å². The van der Waals surface area contributed by atoms with Crippen LogP contribution in [0.4, 0.5) is 0 Å². The number of nitrogens with two attached hydrogens (primary N) is 1.